The fourth-order valence-corrected chi connectivity index (χ4v) is 4.89. The number of piperidine rings is 1. The first-order valence-electron chi connectivity index (χ1n) is 10.0. The number of ether oxygens (including phenoxy) is 2. The van der Waals surface area contributed by atoms with Crippen LogP contribution in [0.4, 0.5) is 8.78 Å². The van der Waals surface area contributed by atoms with Gasteiger partial charge in [-0.15, -0.1) is 0 Å². The van der Waals surface area contributed by atoms with E-state index < -0.39 is 35.0 Å². The van der Waals surface area contributed by atoms with Crippen LogP contribution in [0, 0.1) is 6.92 Å². The van der Waals surface area contributed by atoms with Crippen LogP contribution in [0.1, 0.15) is 45.5 Å². The molecule has 2 aromatic rings. The Bertz CT molecular complexity index is 1080. The van der Waals surface area contributed by atoms with Crippen molar-refractivity contribution in [2.45, 2.75) is 37.7 Å². The molecule has 0 radical (unpaired) electrons. The number of hydrogen-bond donors (Lipinski definition) is 0. The van der Waals surface area contributed by atoms with Crippen molar-refractivity contribution >= 4 is 21.8 Å². The van der Waals surface area contributed by atoms with Gasteiger partial charge in [0.25, 0.3) is 0 Å². The summed E-state index contributed by atoms with van der Waals surface area (Å²) in [6, 6.07) is 9.22. The molecule has 2 aromatic carbocycles. The Labute approximate surface area is 185 Å². The molecule has 10 heteroatoms. The number of carbonyl (C=O) groups excluding carboxylic acids is 2. The maximum absolute atomic E-state index is 12.9. The van der Waals surface area contributed by atoms with Crippen molar-refractivity contribution in [1.29, 1.82) is 0 Å². The van der Waals surface area contributed by atoms with E-state index in [1.54, 1.807) is 6.92 Å². The highest BCUT2D eigenvalue weighted by Gasteiger charge is 2.27. The number of benzene rings is 2. The van der Waals surface area contributed by atoms with Crippen LogP contribution in [0.15, 0.2) is 47.4 Å². The molecule has 3 rings (SSSR count). The lowest BCUT2D eigenvalue weighted by atomic mass is 10.1. The summed E-state index contributed by atoms with van der Waals surface area (Å²) >= 11 is 0. The maximum atomic E-state index is 12.9. The molecule has 0 bridgehead atoms. The molecule has 32 heavy (non-hydrogen) atoms. The lowest BCUT2D eigenvalue weighted by Crippen LogP contribution is -2.35. The van der Waals surface area contributed by atoms with Gasteiger partial charge in [0.15, 0.2) is 12.4 Å². The zero-order chi connectivity index (χ0) is 23.3. The number of sulfonamides is 1. The zero-order valence-electron chi connectivity index (χ0n) is 17.4. The van der Waals surface area contributed by atoms with Crippen LogP contribution < -0.4 is 4.74 Å². The number of alkyl halides is 2. The Hall–Kier alpha value is -2.85. The number of halogens is 2. The normalized spacial score (nSPS) is 14.9. The average molecular weight is 467 g/mol. The molecule has 0 aliphatic carbocycles. The van der Waals surface area contributed by atoms with E-state index in [-0.39, 0.29) is 21.8 Å². The van der Waals surface area contributed by atoms with Crippen molar-refractivity contribution < 1.29 is 36.3 Å². The number of ketones is 1. The highest BCUT2D eigenvalue weighted by Crippen LogP contribution is 2.23. The molecule has 0 N–H and O–H groups in total. The summed E-state index contributed by atoms with van der Waals surface area (Å²) in [5, 5.41) is 0. The topological polar surface area (TPSA) is 90.0 Å². The summed E-state index contributed by atoms with van der Waals surface area (Å²) < 4.78 is 60.9. The summed E-state index contributed by atoms with van der Waals surface area (Å²) in [5.41, 5.74) is 0.711. The van der Waals surface area contributed by atoms with Gasteiger partial charge in [0.05, 0.1) is 10.5 Å². The third-order valence-corrected chi connectivity index (χ3v) is 7.01. The van der Waals surface area contributed by atoms with Crippen LogP contribution in [0.25, 0.3) is 0 Å². The van der Waals surface area contributed by atoms with Crippen molar-refractivity contribution in [2.75, 3.05) is 19.7 Å². The van der Waals surface area contributed by atoms with Crippen LogP contribution in [0.2, 0.25) is 0 Å². The molecule has 0 spiro atoms. The van der Waals surface area contributed by atoms with E-state index in [2.05, 4.69) is 4.74 Å². The van der Waals surface area contributed by atoms with Gasteiger partial charge < -0.3 is 9.47 Å². The van der Waals surface area contributed by atoms with Gasteiger partial charge in [-0.2, -0.15) is 13.1 Å². The van der Waals surface area contributed by atoms with Gasteiger partial charge in [-0.3, -0.25) is 4.79 Å². The summed E-state index contributed by atoms with van der Waals surface area (Å²) in [4.78, 5) is 24.8. The third-order valence-electron chi connectivity index (χ3n) is 5.12. The van der Waals surface area contributed by atoms with Gasteiger partial charge in [0.1, 0.15) is 5.75 Å². The number of carbonyl (C=O) groups is 2. The molecule has 1 fully saturated rings. The fourth-order valence-electron chi connectivity index (χ4n) is 3.35. The Balaban J connectivity index is 1.68. The minimum absolute atomic E-state index is 0.00195. The predicted octanol–water partition coefficient (Wildman–Crippen LogP) is 3.81. The molecule has 7 nitrogen and oxygen atoms in total. The third kappa shape index (κ3) is 5.68. The van der Waals surface area contributed by atoms with E-state index in [1.165, 1.54) is 46.8 Å². The smallest absolute Gasteiger partial charge is 0.387 e. The Kier molecular flexibility index (Phi) is 7.57. The SMILES string of the molecule is Cc1ccc(S(=O)(=O)N2CCCCC2)cc1C(=O)OCC(=O)c1ccc(OC(F)F)cc1. The van der Waals surface area contributed by atoms with Crippen LogP contribution in [-0.4, -0.2) is 50.8 Å². The van der Waals surface area contributed by atoms with E-state index in [1.807, 2.05) is 0 Å². The minimum atomic E-state index is -3.73. The van der Waals surface area contributed by atoms with E-state index >= 15 is 0 Å². The van der Waals surface area contributed by atoms with Crippen molar-refractivity contribution in [3.05, 3.63) is 59.2 Å². The van der Waals surface area contributed by atoms with Gasteiger partial charge >= 0.3 is 12.6 Å². The summed E-state index contributed by atoms with van der Waals surface area (Å²) in [5.74, 6) is -1.48. The molecule has 1 aliphatic heterocycles. The van der Waals surface area contributed by atoms with Gasteiger partial charge in [-0.05, 0) is 61.7 Å². The molecule has 0 saturated carbocycles. The monoisotopic (exact) mass is 467 g/mol. The van der Waals surface area contributed by atoms with E-state index in [0.29, 0.717) is 18.7 Å². The van der Waals surface area contributed by atoms with Crippen molar-refractivity contribution in [3.8, 4) is 5.75 Å². The number of nitrogens with zero attached hydrogens (tertiary/aromatic N) is 1. The molecule has 172 valence electrons. The molecular weight excluding hydrogens is 444 g/mol. The second kappa shape index (κ2) is 10.2. The number of Topliss-reactive ketones (excluding diaryl/α,β-unsaturated/α-hetero) is 1. The first kappa shape index (κ1) is 23.8. The van der Waals surface area contributed by atoms with Gasteiger partial charge in [-0.1, -0.05) is 12.5 Å². The fraction of sp³-hybridized carbons (Fsp3) is 0.364. The lowest BCUT2D eigenvalue weighted by molar-refractivity contribution is -0.0498. The number of hydrogen-bond acceptors (Lipinski definition) is 6. The van der Waals surface area contributed by atoms with Crippen LogP contribution >= 0.6 is 0 Å². The predicted molar refractivity (Wildman–Crippen MR) is 111 cm³/mol. The van der Waals surface area contributed by atoms with Crippen LogP contribution in [-0.2, 0) is 14.8 Å². The second-order valence-corrected chi connectivity index (χ2v) is 9.28. The number of esters is 1. The van der Waals surface area contributed by atoms with Crippen molar-refractivity contribution in [2.24, 2.45) is 0 Å². The first-order valence-corrected chi connectivity index (χ1v) is 11.5. The zero-order valence-corrected chi connectivity index (χ0v) is 18.2. The number of aryl methyl sites for hydroxylation is 1. The Morgan fingerprint density at radius 3 is 2.31 bits per heavy atom. The first-order chi connectivity index (χ1) is 15.2. The Morgan fingerprint density at radius 1 is 1.03 bits per heavy atom. The highest BCUT2D eigenvalue weighted by atomic mass is 32.2. The van der Waals surface area contributed by atoms with E-state index in [9.17, 15) is 26.8 Å². The second-order valence-electron chi connectivity index (χ2n) is 7.34. The largest absolute Gasteiger partial charge is 0.454 e. The molecule has 1 aliphatic rings. The lowest BCUT2D eigenvalue weighted by Gasteiger charge is -2.26. The standard InChI is InChI=1S/C22H23F2NO6S/c1-15-5-10-18(32(28,29)25-11-3-2-4-12-25)13-19(15)21(27)30-14-20(26)16-6-8-17(9-7-16)31-22(23)24/h5-10,13,22H,2-4,11-12,14H2,1H3. The molecule has 1 saturated heterocycles. The molecule has 0 amide bonds. The van der Waals surface area contributed by atoms with Gasteiger partial charge in [0, 0.05) is 18.7 Å². The molecular formula is C22H23F2NO6S. The summed E-state index contributed by atoms with van der Waals surface area (Å²) in [6.45, 7) is -1.05. The molecule has 0 aromatic heterocycles. The van der Waals surface area contributed by atoms with E-state index in [4.69, 9.17) is 4.74 Å². The quantitative estimate of drug-likeness (QED) is 0.433. The minimum Gasteiger partial charge on any atom is -0.454 e. The summed E-state index contributed by atoms with van der Waals surface area (Å²) in [6.07, 6.45) is 2.56. The average Bonchev–Trinajstić information content (AvgIpc) is 2.78. The highest BCUT2D eigenvalue weighted by molar-refractivity contribution is 7.89. The van der Waals surface area contributed by atoms with Crippen LogP contribution in [0.3, 0.4) is 0 Å². The number of rotatable bonds is 8. The van der Waals surface area contributed by atoms with E-state index in [0.717, 1.165) is 19.3 Å². The van der Waals surface area contributed by atoms with Crippen molar-refractivity contribution in [3.63, 3.8) is 0 Å². The maximum Gasteiger partial charge on any atom is 0.387 e. The van der Waals surface area contributed by atoms with Crippen LogP contribution in [0.5, 0.6) is 5.75 Å². The molecule has 0 atom stereocenters. The molecule has 0 unspecified atom stereocenters. The summed E-state index contributed by atoms with van der Waals surface area (Å²) in [7, 11) is -3.73. The molecule has 1 heterocycles. The van der Waals surface area contributed by atoms with Gasteiger partial charge in [-0.25, -0.2) is 13.2 Å². The van der Waals surface area contributed by atoms with Gasteiger partial charge in [0.2, 0.25) is 10.0 Å². The Morgan fingerprint density at radius 2 is 1.69 bits per heavy atom. The van der Waals surface area contributed by atoms with Crippen molar-refractivity contribution in [1.82, 2.24) is 4.31 Å².